The van der Waals surface area contributed by atoms with Crippen LogP contribution in [0.3, 0.4) is 0 Å². The van der Waals surface area contributed by atoms with Crippen LogP contribution in [0.4, 0.5) is 4.39 Å². The van der Waals surface area contributed by atoms with Gasteiger partial charge in [-0.3, -0.25) is 4.79 Å². The van der Waals surface area contributed by atoms with Gasteiger partial charge in [0.2, 0.25) is 5.91 Å². The fourth-order valence-electron chi connectivity index (χ4n) is 3.61. The summed E-state index contributed by atoms with van der Waals surface area (Å²) in [5.41, 5.74) is 1.29. The van der Waals surface area contributed by atoms with Gasteiger partial charge in [-0.05, 0) is 84.7 Å². The molecule has 0 bridgehead atoms. The Labute approximate surface area is 151 Å². The summed E-state index contributed by atoms with van der Waals surface area (Å²) in [5, 5.41) is 6.48. The second-order valence-corrected chi connectivity index (χ2v) is 7.59. The molecular formula is C17H23BrClFN2O. The van der Waals surface area contributed by atoms with Crippen LogP contribution in [0.1, 0.15) is 31.7 Å². The molecule has 1 aliphatic carbocycles. The molecule has 6 heteroatoms. The maximum absolute atomic E-state index is 13.2. The van der Waals surface area contributed by atoms with Crippen LogP contribution in [0.25, 0.3) is 0 Å². The highest BCUT2D eigenvalue weighted by Crippen LogP contribution is 2.58. The standard InChI is InChI=1S/C17H22BrFN2O.ClH/c1-11(8-12-2-3-15(19)14(18)9-12)21-16(22)13-10-17(13)4-6-20-7-5-17;/h2-3,9,11,13,20H,4-8,10H2,1H3,(H,21,22);1H. The van der Waals surface area contributed by atoms with Crippen molar-refractivity contribution in [3.05, 3.63) is 34.1 Å². The number of carbonyl (C=O) groups excluding carboxylic acids is 1. The van der Waals surface area contributed by atoms with Crippen LogP contribution in [0.2, 0.25) is 0 Å². The molecule has 2 fully saturated rings. The van der Waals surface area contributed by atoms with Gasteiger partial charge in [0.15, 0.2) is 0 Å². The van der Waals surface area contributed by atoms with Gasteiger partial charge in [-0.15, -0.1) is 12.4 Å². The third kappa shape index (κ3) is 4.25. The number of nitrogens with one attached hydrogen (secondary N) is 2. The van der Waals surface area contributed by atoms with Crippen molar-refractivity contribution in [3.8, 4) is 0 Å². The van der Waals surface area contributed by atoms with Gasteiger partial charge in [-0.25, -0.2) is 4.39 Å². The monoisotopic (exact) mass is 404 g/mol. The van der Waals surface area contributed by atoms with E-state index >= 15 is 0 Å². The lowest BCUT2D eigenvalue weighted by atomic mass is 9.91. The van der Waals surface area contributed by atoms with Crippen molar-refractivity contribution in [2.75, 3.05) is 13.1 Å². The lowest BCUT2D eigenvalue weighted by Crippen LogP contribution is -2.38. The number of piperidine rings is 1. The van der Waals surface area contributed by atoms with E-state index in [1.165, 1.54) is 6.07 Å². The molecule has 1 saturated heterocycles. The van der Waals surface area contributed by atoms with E-state index in [1.54, 1.807) is 12.1 Å². The Kier molecular flexibility index (Phi) is 6.09. The van der Waals surface area contributed by atoms with Gasteiger partial charge in [-0.1, -0.05) is 6.07 Å². The predicted molar refractivity (Wildman–Crippen MR) is 95.3 cm³/mol. The molecule has 1 aromatic rings. The van der Waals surface area contributed by atoms with E-state index < -0.39 is 0 Å². The van der Waals surface area contributed by atoms with Crippen LogP contribution < -0.4 is 10.6 Å². The predicted octanol–water partition coefficient (Wildman–Crippen LogP) is 3.45. The zero-order valence-corrected chi connectivity index (χ0v) is 15.6. The number of amides is 1. The van der Waals surface area contributed by atoms with Gasteiger partial charge >= 0.3 is 0 Å². The first-order valence-electron chi connectivity index (χ1n) is 7.95. The lowest BCUT2D eigenvalue weighted by Gasteiger charge is -2.23. The summed E-state index contributed by atoms with van der Waals surface area (Å²) in [6, 6.07) is 5.07. The van der Waals surface area contributed by atoms with Crippen LogP contribution in [0.5, 0.6) is 0 Å². The molecule has 1 heterocycles. The number of halogens is 3. The minimum Gasteiger partial charge on any atom is -0.353 e. The van der Waals surface area contributed by atoms with Gasteiger partial charge in [0.1, 0.15) is 5.82 Å². The van der Waals surface area contributed by atoms with E-state index in [1.807, 2.05) is 6.92 Å². The maximum Gasteiger partial charge on any atom is 0.223 e. The average molecular weight is 406 g/mol. The minimum absolute atomic E-state index is 0. The molecule has 0 aromatic heterocycles. The molecule has 2 aliphatic rings. The van der Waals surface area contributed by atoms with Crippen molar-refractivity contribution in [1.29, 1.82) is 0 Å². The van der Waals surface area contributed by atoms with E-state index in [2.05, 4.69) is 26.6 Å². The lowest BCUT2D eigenvalue weighted by molar-refractivity contribution is -0.123. The van der Waals surface area contributed by atoms with Gasteiger partial charge in [0.25, 0.3) is 0 Å². The third-order valence-corrected chi connectivity index (χ3v) is 5.63. The molecule has 1 aromatic carbocycles. The molecule has 23 heavy (non-hydrogen) atoms. The summed E-state index contributed by atoms with van der Waals surface area (Å²) < 4.78 is 13.7. The van der Waals surface area contributed by atoms with E-state index in [9.17, 15) is 9.18 Å². The van der Waals surface area contributed by atoms with Crippen LogP contribution in [-0.4, -0.2) is 25.0 Å². The second-order valence-electron chi connectivity index (χ2n) is 6.73. The average Bonchev–Trinajstić information content (AvgIpc) is 3.17. The van der Waals surface area contributed by atoms with Crippen LogP contribution >= 0.6 is 28.3 Å². The Morgan fingerprint density at radius 1 is 1.48 bits per heavy atom. The quantitative estimate of drug-likeness (QED) is 0.805. The number of rotatable bonds is 4. The fourth-order valence-corrected chi connectivity index (χ4v) is 4.04. The van der Waals surface area contributed by atoms with Gasteiger partial charge < -0.3 is 10.6 Å². The number of benzene rings is 1. The summed E-state index contributed by atoms with van der Waals surface area (Å²) in [4.78, 5) is 12.4. The Hall–Kier alpha value is -0.650. The first-order chi connectivity index (χ1) is 10.5. The second kappa shape index (κ2) is 7.49. The van der Waals surface area contributed by atoms with Crippen molar-refractivity contribution in [2.24, 2.45) is 11.3 Å². The normalized spacial score (nSPS) is 23.0. The summed E-state index contributed by atoms with van der Waals surface area (Å²) in [7, 11) is 0. The van der Waals surface area contributed by atoms with Crippen LogP contribution in [0.15, 0.2) is 22.7 Å². The highest BCUT2D eigenvalue weighted by atomic mass is 79.9. The van der Waals surface area contributed by atoms with E-state index in [-0.39, 0.29) is 41.5 Å². The maximum atomic E-state index is 13.2. The zero-order chi connectivity index (χ0) is 15.7. The minimum atomic E-state index is -0.258. The molecule has 3 rings (SSSR count). The van der Waals surface area contributed by atoms with Crippen molar-refractivity contribution in [2.45, 2.75) is 38.6 Å². The molecule has 3 nitrogen and oxygen atoms in total. The topological polar surface area (TPSA) is 41.1 Å². The smallest absolute Gasteiger partial charge is 0.223 e. The van der Waals surface area contributed by atoms with Crippen molar-refractivity contribution >= 4 is 34.2 Å². The Morgan fingerprint density at radius 2 is 2.17 bits per heavy atom. The largest absolute Gasteiger partial charge is 0.353 e. The van der Waals surface area contributed by atoms with Gasteiger partial charge in [-0.2, -0.15) is 0 Å². The summed E-state index contributed by atoms with van der Waals surface area (Å²) in [6.45, 7) is 4.07. The number of carbonyl (C=O) groups is 1. The third-order valence-electron chi connectivity index (χ3n) is 5.02. The molecule has 2 N–H and O–H groups in total. The molecule has 1 saturated carbocycles. The van der Waals surface area contributed by atoms with E-state index in [0.29, 0.717) is 10.9 Å². The number of hydrogen-bond donors (Lipinski definition) is 2. The van der Waals surface area contributed by atoms with Crippen LogP contribution in [-0.2, 0) is 11.2 Å². The molecule has 1 amide bonds. The SMILES string of the molecule is CC(Cc1ccc(F)c(Br)c1)NC(=O)C1CC12CCNCC2.Cl. The first-order valence-corrected chi connectivity index (χ1v) is 8.74. The molecule has 0 radical (unpaired) electrons. The van der Waals surface area contributed by atoms with Crippen molar-refractivity contribution < 1.29 is 9.18 Å². The molecular weight excluding hydrogens is 383 g/mol. The molecule has 1 aliphatic heterocycles. The molecule has 1 spiro atoms. The van der Waals surface area contributed by atoms with E-state index in [4.69, 9.17) is 0 Å². The molecule has 128 valence electrons. The fraction of sp³-hybridized carbons (Fsp3) is 0.588. The Bertz CT molecular complexity index is 578. The first kappa shape index (κ1) is 18.7. The molecule has 2 unspecified atom stereocenters. The zero-order valence-electron chi connectivity index (χ0n) is 13.2. The van der Waals surface area contributed by atoms with Crippen molar-refractivity contribution in [3.63, 3.8) is 0 Å². The van der Waals surface area contributed by atoms with Crippen LogP contribution in [0, 0.1) is 17.2 Å². The van der Waals surface area contributed by atoms with E-state index in [0.717, 1.165) is 37.9 Å². The Balaban J connectivity index is 0.00000192. The van der Waals surface area contributed by atoms with Gasteiger partial charge in [0.05, 0.1) is 4.47 Å². The highest BCUT2D eigenvalue weighted by Gasteiger charge is 2.57. The highest BCUT2D eigenvalue weighted by molar-refractivity contribution is 9.10. The summed E-state index contributed by atoms with van der Waals surface area (Å²) in [5.74, 6) is 0.124. The number of hydrogen-bond acceptors (Lipinski definition) is 2. The summed E-state index contributed by atoms with van der Waals surface area (Å²) >= 11 is 3.20. The van der Waals surface area contributed by atoms with Crippen molar-refractivity contribution in [1.82, 2.24) is 10.6 Å². The summed E-state index contributed by atoms with van der Waals surface area (Å²) in [6.07, 6.45) is 3.98. The van der Waals surface area contributed by atoms with Gasteiger partial charge in [0, 0.05) is 12.0 Å². The molecule has 2 atom stereocenters. The Morgan fingerprint density at radius 3 is 2.83 bits per heavy atom.